The number of aldehydes is 1. The minimum Gasteiger partial charge on any atom is -0.324 e. The van der Waals surface area contributed by atoms with Crippen molar-refractivity contribution in [3.8, 4) is 0 Å². The van der Waals surface area contributed by atoms with Gasteiger partial charge in [0.2, 0.25) is 0 Å². The summed E-state index contributed by atoms with van der Waals surface area (Å²) in [6.07, 6.45) is 8.08. The average Bonchev–Trinajstić information content (AvgIpc) is 2.92. The van der Waals surface area contributed by atoms with E-state index in [1.165, 1.54) is 25.9 Å². The van der Waals surface area contributed by atoms with Gasteiger partial charge in [0, 0.05) is 12.6 Å². The highest BCUT2D eigenvalue weighted by Gasteiger charge is 2.38. The molecular weight excluding hydrogens is 190 g/mol. The second-order valence-corrected chi connectivity index (χ2v) is 4.45. The molecule has 3 rings (SSSR count). The van der Waals surface area contributed by atoms with Crippen LogP contribution in [-0.4, -0.2) is 39.9 Å². The molecule has 0 spiro atoms. The summed E-state index contributed by atoms with van der Waals surface area (Å²) in [6.45, 7) is 2.40. The Morgan fingerprint density at radius 2 is 2.27 bits per heavy atom. The quantitative estimate of drug-likeness (QED) is 0.679. The summed E-state index contributed by atoms with van der Waals surface area (Å²) in [5.74, 6) is 0. The van der Waals surface area contributed by atoms with E-state index in [-0.39, 0.29) is 0 Å². The highest BCUT2D eigenvalue weighted by molar-refractivity contribution is 5.71. The molecule has 0 aliphatic carbocycles. The van der Waals surface area contributed by atoms with Crippen molar-refractivity contribution >= 4 is 6.29 Å². The Labute approximate surface area is 88.9 Å². The molecule has 4 nitrogen and oxygen atoms in total. The number of hydrogen-bond donors (Lipinski definition) is 0. The molecule has 2 saturated heterocycles. The summed E-state index contributed by atoms with van der Waals surface area (Å²) in [6, 6.07) is 1.10. The fourth-order valence-electron chi connectivity index (χ4n) is 3.06. The van der Waals surface area contributed by atoms with E-state index < -0.39 is 0 Å². The first-order valence-corrected chi connectivity index (χ1v) is 5.61. The number of aromatic nitrogens is 2. The van der Waals surface area contributed by atoms with E-state index in [2.05, 4.69) is 14.5 Å². The summed E-state index contributed by atoms with van der Waals surface area (Å²) in [5, 5.41) is 0. The van der Waals surface area contributed by atoms with E-state index in [1.807, 2.05) is 0 Å². The van der Waals surface area contributed by atoms with Gasteiger partial charge in [-0.15, -0.1) is 0 Å². The van der Waals surface area contributed by atoms with Gasteiger partial charge < -0.3 is 4.57 Å². The van der Waals surface area contributed by atoms with E-state index in [9.17, 15) is 4.79 Å². The van der Waals surface area contributed by atoms with Crippen molar-refractivity contribution in [3.63, 3.8) is 0 Å². The van der Waals surface area contributed by atoms with Crippen molar-refractivity contribution < 1.29 is 4.79 Å². The summed E-state index contributed by atoms with van der Waals surface area (Å²) >= 11 is 0. The highest BCUT2D eigenvalue weighted by atomic mass is 16.1. The number of rotatable bonds is 2. The number of carbonyl (C=O) groups is 1. The molecule has 2 atom stereocenters. The predicted molar refractivity (Wildman–Crippen MR) is 55.9 cm³/mol. The van der Waals surface area contributed by atoms with Gasteiger partial charge in [-0.1, -0.05) is 0 Å². The SMILES string of the molecule is O=Cc1cncn1C1CCN2CCCC12. The Balaban J connectivity index is 1.91. The molecule has 2 aliphatic rings. The molecule has 2 fully saturated rings. The Morgan fingerprint density at radius 3 is 3.13 bits per heavy atom. The molecular formula is C11H15N3O. The smallest absolute Gasteiger partial charge is 0.168 e. The summed E-state index contributed by atoms with van der Waals surface area (Å²) in [5.41, 5.74) is 0.716. The van der Waals surface area contributed by atoms with Crippen LogP contribution < -0.4 is 0 Å². The number of fused-ring (bicyclic) bond motifs is 1. The lowest BCUT2D eigenvalue weighted by molar-refractivity contribution is 0.111. The van der Waals surface area contributed by atoms with Crippen LogP contribution >= 0.6 is 0 Å². The molecule has 4 heteroatoms. The topological polar surface area (TPSA) is 38.1 Å². The largest absolute Gasteiger partial charge is 0.324 e. The number of hydrogen-bond acceptors (Lipinski definition) is 3. The first kappa shape index (κ1) is 9.09. The molecule has 0 amide bonds. The molecule has 0 bridgehead atoms. The first-order chi connectivity index (χ1) is 7.40. The number of carbonyl (C=O) groups excluding carboxylic acids is 1. The minimum absolute atomic E-state index is 0.468. The van der Waals surface area contributed by atoms with Gasteiger partial charge >= 0.3 is 0 Å². The standard InChI is InChI=1S/C11H15N3O/c15-7-9-6-12-8-14(9)11-3-5-13-4-1-2-10(11)13/h6-8,10-11H,1-5H2. The Kier molecular flexibility index (Phi) is 2.09. The van der Waals surface area contributed by atoms with Crippen molar-refractivity contribution in [2.24, 2.45) is 0 Å². The lowest BCUT2D eigenvalue weighted by Gasteiger charge is -2.21. The molecule has 0 N–H and O–H groups in total. The van der Waals surface area contributed by atoms with Crippen molar-refractivity contribution in [2.45, 2.75) is 31.3 Å². The van der Waals surface area contributed by atoms with Crippen molar-refractivity contribution in [3.05, 3.63) is 18.2 Å². The predicted octanol–water partition coefficient (Wildman–Crippen LogP) is 1.10. The van der Waals surface area contributed by atoms with Crippen LogP contribution in [0.3, 0.4) is 0 Å². The maximum absolute atomic E-state index is 10.9. The monoisotopic (exact) mass is 205 g/mol. The fourth-order valence-corrected chi connectivity index (χ4v) is 3.06. The van der Waals surface area contributed by atoms with Crippen LogP contribution in [-0.2, 0) is 0 Å². The molecule has 0 radical (unpaired) electrons. The Morgan fingerprint density at radius 1 is 1.33 bits per heavy atom. The van der Waals surface area contributed by atoms with Gasteiger partial charge in [-0.3, -0.25) is 9.69 Å². The van der Waals surface area contributed by atoms with E-state index >= 15 is 0 Å². The first-order valence-electron chi connectivity index (χ1n) is 5.61. The van der Waals surface area contributed by atoms with Gasteiger partial charge in [0.25, 0.3) is 0 Å². The van der Waals surface area contributed by atoms with Gasteiger partial charge in [0.05, 0.1) is 18.6 Å². The van der Waals surface area contributed by atoms with Crippen molar-refractivity contribution in [1.29, 1.82) is 0 Å². The second kappa shape index (κ2) is 3.45. The maximum atomic E-state index is 10.9. The zero-order chi connectivity index (χ0) is 10.3. The van der Waals surface area contributed by atoms with Gasteiger partial charge in [0.15, 0.2) is 6.29 Å². The zero-order valence-corrected chi connectivity index (χ0v) is 8.67. The molecule has 80 valence electrons. The van der Waals surface area contributed by atoms with Gasteiger partial charge in [-0.05, 0) is 25.8 Å². The molecule has 1 aromatic rings. The van der Waals surface area contributed by atoms with Crippen LogP contribution in [0.2, 0.25) is 0 Å². The van der Waals surface area contributed by atoms with Crippen LogP contribution in [0.25, 0.3) is 0 Å². The van der Waals surface area contributed by atoms with E-state index in [1.54, 1.807) is 12.5 Å². The Hall–Kier alpha value is -1.16. The molecule has 0 aromatic carbocycles. The van der Waals surface area contributed by atoms with Crippen LogP contribution in [0.1, 0.15) is 35.8 Å². The van der Waals surface area contributed by atoms with Gasteiger partial charge in [0.1, 0.15) is 5.69 Å². The van der Waals surface area contributed by atoms with Crippen LogP contribution in [0, 0.1) is 0 Å². The van der Waals surface area contributed by atoms with Crippen LogP contribution in [0.5, 0.6) is 0 Å². The number of nitrogens with zero attached hydrogens (tertiary/aromatic N) is 3. The van der Waals surface area contributed by atoms with Crippen LogP contribution in [0.4, 0.5) is 0 Å². The summed E-state index contributed by atoms with van der Waals surface area (Å²) < 4.78 is 2.06. The average molecular weight is 205 g/mol. The van der Waals surface area contributed by atoms with Crippen molar-refractivity contribution in [2.75, 3.05) is 13.1 Å². The third kappa shape index (κ3) is 1.32. The number of imidazole rings is 1. The maximum Gasteiger partial charge on any atom is 0.168 e. The molecule has 1 aromatic heterocycles. The third-order valence-electron chi connectivity index (χ3n) is 3.74. The zero-order valence-electron chi connectivity index (χ0n) is 8.67. The third-order valence-corrected chi connectivity index (χ3v) is 3.74. The van der Waals surface area contributed by atoms with Crippen LogP contribution in [0.15, 0.2) is 12.5 Å². The summed E-state index contributed by atoms with van der Waals surface area (Å²) in [7, 11) is 0. The molecule has 3 heterocycles. The van der Waals surface area contributed by atoms with E-state index in [4.69, 9.17) is 0 Å². The Bertz CT molecular complexity index is 374. The molecule has 0 saturated carbocycles. The van der Waals surface area contributed by atoms with E-state index in [0.29, 0.717) is 17.8 Å². The van der Waals surface area contributed by atoms with Gasteiger partial charge in [-0.2, -0.15) is 0 Å². The van der Waals surface area contributed by atoms with Gasteiger partial charge in [-0.25, -0.2) is 4.98 Å². The lowest BCUT2D eigenvalue weighted by Crippen LogP contribution is -2.27. The fraction of sp³-hybridized carbons (Fsp3) is 0.636. The second-order valence-electron chi connectivity index (χ2n) is 4.45. The minimum atomic E-state index is 0.468. The van der Waals surface area contributed by atoms with E-state index in [0.717, 1.165) is 12.7 Å². The van der Waals surface area contributed by atoms with Crippen molar-refractivity contribution in [1.82, 2.24) is 14.5 Å². The summed E-state index contributed by atoms with van der Waals surface area (Å²) in [4.78, 5) is 17.5. The highest BCUT2D eigenvalue weighted by Crippen LogP contribution is 2.36. The molecule has 2 aliphatic heterocycles. The normalized spacial score (nSPS) is 30.7. The lowest BCUT2D eigenvalue weighted by atomic mass is 10.1. The molecule has 2 unspecified atom stereocenters. The molecule has 15 heavy (non-hydrogen) atoms.